The third-order valence-corrected chi connectivity index (χ3v) is 4.06. The number of ether oxygens (including phenoxy) is 1. The molecule has 0 saturated heterocycles. The quantitative estimate of drug-likeness (QED) is 0.867. The molecule has 3 nitrogen and oxygen atoms in total. The van der Waals surface area contributed by atoms with Gasteiger partial charge in [-0.15, -0.1) is 0 Å². The second-order valence-corrected chi connectivity index (χ2v) is 5.05. The van der Waals surface area contributed by atoms with Gasteiger partial charge in [0, 0.05) is 12.1 Å². The van der Waals surface area contributed by atoms with Crippen LogP contribution in [0, 0.1) is 0 Å². The standard InChI is InChI=1S/C13H18BrNO2/c1-16-13-10(8-15-17-2)7-9-5-3-4-6-11(9)12(13)14/h7,15H,3-6,8H2,1-2H3. The molecule has 17 heavy (non-hydrogen) atoms. The lowest BCUT2D eigenvalue weighted by atomic mass is 9.90. The summed E-state index contributed by atoms with van der Waals surface area (Å²) in [6, 6.07) is 2.24. The molecule has 0 fully saturated rings. The Morgan fingerprint density at radius 1 is 1.29 bits per heavy atom. The predicted octanol–water partition coefficient (Wildman–Crippen LogP) is 2.99. The summed E-state index contributed by atoms with van der Waals surface area (Å²) in [5, 5.41) is 0. The van der Waals surface area contributed by atoms with E-state index in [-0.39, 0.29) is 0 Å². The Bertz CT molecular complexity index is 407. The van der Waals surface area contributed by atoms with Crippen LogP contribution in [0.25, 0.3) is 0 Å². The summed E-state index contributed by atoms with van der Waals surface area (Å²) in [5.41, 5.74) is 6.87. The first-order chi connectivity index (χ1) is 8.27. The highest BCUT2D eigenvalue weighted by atomic mass is 79.9. The summed E-state index contributed by atoms with van der Waals surface area (Å²) in [6.07, 6.45) is 4.86. The molecule has 94 valence electrons. The Balaban J connectivity index is 2.40. The fourth-order valence-corrected chi connectivity index (χ4v) is 3.26. The number of hydrogen-bond acceptors (Lipinski definition) is 3. The molecule has 4 heteroatoms. The van der Waals surface area contributed by atoms with Gasteiger partial charge in [-0.2, -0.15) is 5.48 Å². The number of halogens is 1. The van der Waals surface area contributed by atoms with Gasteiger partial charge < -0.3 is 9.57 Å². The molecule has 0 aliphatic heterocycles. The van der Waals surface area contributed by atoms with Gasteiger partial charge in [0.15, 0.2) is 0 Å². The largest absolute Gasteiger partial charge is 0.495 e. The van der Waals surface area contributed by atoms with Crippen LogP contribution in [0.4, 0.5) is 0 Å². The fourth-order valence-electron chi connectivity index (χ4n) is 2.39. The van der Waals surface area contributed by atoms with E-state index in [1.165, 1.54) is 24.0 Å². The normalized spacial score (nSPS) is 14.5. The Hall–Kier alpha value is -0.580. The number of aryl methyl sites for hydroxylation is 1. The minimum Gasteiger partial charge on any atom is -0.495 e. The van der Waals surface area contributed by atoms with E-state index in [1.807, 2.05) is 0 Å². The van der Waals surface area contributed by atoms with Gasteiger partial charge in [0.05, 0.1) is 18.7 Å². The van der Waals surface area contributed by atoms with Gasteiger partial charge in [-0.3, -0.25) is 0 Å². The first-order valence-electron chi connectivity index (χ1n) is 5.91. The van der Waals surface area contributed by atoms with E-state index in [0.717, 1.165) is 28.6 Å². The summed E-state index contributed by atoms with van der Waals surface area (Å²) in [7, 11) is 3.34. The van der Waals surface area contributed by atoms with Crippen molar-refractivity contribution in [1.82, 2.24) is 5.48 Å². The zero-order valence-electron chi connectivity index (χ0n) is 10.3. The van der Waals surface area contributed by atoms with Crippen molar-refractivity contribution in [1.29, 1.82) is 0 Å². The van der Waals surface area contributed by atoms with E-state index in [2.05, 4.69) is 27.5 Å². The van der Waals surface area contributed by atoms with Crippen LogP contribution in [0.3, 0.4) is 0 Å². The number of methoxy groups -OCH3 is 1. The summed E-state index contributed by atoms with van der Waals surface area (Å²) >= 11 is 3.68. The average Bonchev–Trinajstić information content (AvgIpc) is 2.36. The summed E-state index contributed by atoms with van der Waals surface area (Å²) in [4.78, 5) is 4.91. The maximum absolute atomic E-state index is 5.50. The Labute approximate surface area is 111 Å². The van der Waals surface area contributed by atoms with Crippen molar-refractivity contribution in [3.05, 3.63) is 27.2 Å². The maximum Gasteiger partial charge on any atom is 0.137 e. The number of hydroxylamine groups is 1. The molecule has 0 amide bonds. The highest BCUT2D eigenvalue weighted by molar-refractivity contribution is 9.10. The van der Waals surface area contributed by atoms with Gasteiger partial charge >= 0.3 is 0 Å². The van der Waals surface area contributed by atoms with Crippen LogP contribution in [0.5, 0.6) is 5.75 Å². The second kappa shape index (κ2) is 5.85. The lowest BCUT2D eigenvalue weighted by Gasteiger charge is -2.21. The number of benzene rings is 1. The van der Waals surface area contributed by atoms with E-state index in [9.17, 15) is 0 Å². The molecular formula is C13H18BrNO2. The van der Waals surface area contributed by atoms with Crippen molar-refractivity contribution < 1.29 is 9.57 Å². The van der Waals surface area contributed by atoms with Crippen molar-refractivity contribution in [3.8, 4) is 5.75 Å². The zero-order chi connectivity index (χ0) is 12.3. The molecule has 0 aromatic heterocycles. The highest BCUT2D eigenvalue weighted by Gasteiger charge is 2.19. The van der Waals surface area contributed by atoms with E-state index < -0.39 is 0 Å². The van der Waals surface area contributed by atoms with Crippen LogP contribution >= 0.6 is 15.9 Å². The average molecular weight is 300 g/mol. The van der Waals surface area contributed by atoms with Crippen LogP contribution in [0.2, 0.25) is 0 Å². The minimum atomic E-state index is 0.658. The van der Waals surface area contributed by atoms with Gasteiger partial charge in [-0.25, -0.2) is 0 Å². The number of nitrogens with one attached hydrogen (secondary N) is 1. The van der Waals surface area contributed by atoms with Crippen molar-refractivity contribution in [2.24, 2.45) is 0 Å². The predicted molar refractivity (Wildman–Crippen MR) is 71.2 cm³/mol. The van der Waals surface area contributed by atoms with E-state index in [1.54, 1.807) is 14.2 Å². The fraction of sp³-hybridized carbons (Fsp3) is 0.538. The molecule has 1 aliphatic carbocycles. The first-order valence-corrected chi connectivity index (χ1v) is 6.70. The molecule has 1 aromatic carbocycles. The van der Waals surface area contributed by atoms with E-state index in [0.29, 0.717) is 6.54 Å². The summed E-state index contributed by atoms with van der Waals surface area (Å²) < 4.78 is 6.61. The molecule has 0 heterocycles. The molecule has 0 radical (unpaired) electrons. The van der Waals surface area contributed by atoms with E-state index >= 15 is 0 Å². The molecule has 0 unspecified atom stereocenters. The summed E-state index contributed by atoms with van der Waals surface area (Å²) in [5.74, 6) is 0.926. The third kappa shape index (κ3) is 2.64. The molecular weight excluding hydrogens is 282 g/mol. The van der Waals surface area contributed by atoms with Crippen LogP contribution in [-0.4, -0.2) is 14.2 Å². The molecule has 1 N–H and O–H groups in total. The molecule has 1 aromatic rings. The number of rotatable bonds is 4. The van der Waals surface area contributed by atoms with Crippen molar-refractivity contribution in [3.63, 3.8) is 0 Å². The number of fused-ring (bicyclic) bond motifs is 1. The molecule has 0 spiro atoms. The van der Waals surface area contributed by atoms with Crippen molar-refractivity contribution >= 4 is 15.9 Å². The molecule has 0 atom stereocenters. The smallest absolute Gasteiger partial charge is 0.137 e. The second-order valence-electron chi connectivity index (χ2n) is 4.25. The van der Waals surface area contributed by atoms with Gasteiger partial charge in [-0.1, -0.05) is 6.07 Å². The Morgan fingerprint density at radius 3 is 2.76 bits per heavy atom. The van der Waals surface area contributed by atoms with Crippen LogP contribution in [0.1, 0.15) is 29.5 Å². The highest BCUT2D eigenvalue weighted by Crippen LogP contribution is 2.38. The first kappa shape index (κ1) is 12.9. The van der Waals surface area contributed by atoms with Crippen molar-refractivity contribution in [2.45, 2.75) is 32.2 Å². The van der Waals surface area contributed by atoms with Crippen LogP contribution in [0.15, 0.2) is 10.5 Å². The number of hydrogen-bond donors (Lipinski definition) is 1. The molecule has 2 rings (SSSR count). The lowest BCUT2D eigenvalue weighted by Crippen LogP contribution is -2.14. The monoisotopic (exact) mass is 299 g/mol. The SMILES string of the molecule is CONCc1cc2c(c(Br)c1OC)CCCC2. The Kier molecular flexibility index (Phi) is 4.42. The molecule has 0 bridgehead atoms. The maximum atomic E-state index is 5.50. The third-order valence-electron chi connectivity index (χ3n) is 3.23. The van der Waals surface area contributed by atoms with Crippen LogP contribution in [-0.2, 0) is 24.2 Å². The van der Waals surface area contributed by atoms with Gasteiger partial charge in [0.1, 0.15) is 5.75 Å². The van der Waals surface area contributed by atoms with Gasteiger partial charge in [0.2, 0.25) is 0 Å². The topological polar surface area (TPSA) is 30.5 Å². The van der Waals surface area contributed by atoms with E-state index in [4.69, 9.17) is 9.57 Å². The zero-order valence-corrected chi connectivity index (χ0v) is 11.9. The molecule has 1 aliphatic rings. The van der Waals surface area contributed by atoms with Crippen molar-refractivity contribution in [2.75, 3.05) is 14.2 Å². The molecule has 0 saturated carbocycles. The van der Waals surface area contributed by atoms with Crippen LogP contribution < -0.4 is 10.2 Å². The van der Waals surface area contributed by atoms with Gasteiger partial charge in [0.25, 0.3) is 0 Å². The minimum absolute atomic E-state index is 0.658. The Morgan fingerprint density at radius 2 is 2.06 bits per heavy atom. The summed E-state index contributed by atoms with van der Waals surface area (Å²) in [6.45, 7) is 0.658. The lowest BCUT2D eigenvalue weighted by molar-refractivity contribution is 0.0861. The van der Waals surface area contributed by atoms with Gasteiger partial charge in [-0.05, 0) is 52.7 Å².